The molecule has 0 spiro atoms. The molecule has 0 fully saturated rings. The second-order valence-electron chi connectivity index (χ2n) is 9.10. The van der Waals surface area contributed by atoms with Crippen LogP contribution < -0.4 is 10.9 Å². The summed E-state index contributed by atoms with van der Waals surface area (Å²) in [7, 11) is 0. The van der Waals surface area contributed by atoms with Crippen molar-refractivity contribution in [3.05, 3.63) is 125 Å². The van der Waals surface area contributed by atoms with Gasteiger partial charge in [-0.05, 0) is 66.9 Å². The van der Waals surface area contributed by atoms with E-state index < -0.39 is 0 Å². The first-order chi connectivity index (χ1) is 18.5. The fraction of sp³-hybridized carbons (Fsp3) is 0.103. The lowest BCUT2D eigenvalue weighted by atomic mass is 10.0. The average Bonchev–Trinajstić information content (AvgIpc) is 3.60. The van der Waals surface area contributed by atoms with Crippen LogP contribution in [0.15, 0.2) is 96.6 Å². The predicted molar refractivity (Wildman–Crippen MR) is 145 cm³/mol. The third kappa shape index (κ3) is 4.57. The zero-order valence-electron chi connectivity index (χ0n) is 20.5. The van der Waals surface area contributed by atoms with Gasteiger partial charge in [0.1, 0.15) is 17.2 Å². The summed E-state index contributed by atoms with van der Waals surface area (Å²) < 4.78 is 15.9. The molecule has 0 saturated carbocycles. The molecule has 4 heterocycles. The molecule has 1 atom stereocenters. The largest absolute Gasteiger partial charge is 0.376 e. The Labute approximate surface area is 217 Å². The Balaban J connectivity index is 1.42. The topological polar surface area (TPSA) is 104 Å². The molecule has 6 rings (SSSR count). The number of H-pyrrole nitrogens is 2. The van der Waals surface area contributed by atoms with E-state index in [1.807, 2.05) is 54.1 Å². The number of hydrogen-bond acceptors (Lipinski definition) is 5. The average molecular weight is 506 g/mol. The van der Waals surface area contributed by atoms with E-state index in [1.54, 1.807) is 37.1 Å². The molecular weight excluding hydrogens is 481 g/mol. The molecule has 0 bridgehead atoms. The maximum atomic E-state index is 13.9. The summed E-state index contributed by atoms with van der Waals surface area (Å²) in [4.78, 5) is 32.7. The summed E-state index contributed by atoms with van der Waals surface area (Å²) in [5.74, 6) is 0.146. The Morgan fingerprint density at radius 1 is 1.08 bits per heavy atom. The number of aryl methyl sites for hydroxylation is 1. The third-order valence-electron chi connectivity index (χ3n) is 6.47. The smallest absolute Gasteiger partial charge is 0.261 e. The fourth-order valence-electron chi connectivity index (χ4n) is 4.68. The molecule has 6 aromatic rings. The molecule has 8 nitrogen and oxygen atoms in total. The van der Waals surface area contributed by atoms with Gasteiger partial charge in [-0.1, -0.05) is 18.2 Å². The number of anilines is 1. The van der Waals surface area contributed by atoms with E-state index >= 15 is 0 Å². The van der Waals surface area contributed by atoms with E-state index in [0.29, 0.717) is 23.5 Å². The van der Waals surface area contributed by atoms with Crippen LogP contribution in [0.3, 0.4) is 0 Å². The molecule has 3 N–H and O–H groups in total. The molecule has 38 heavy (non-hydrogen) atoms. The van der Waals surface area contributed by atoms with Crippen molar-refractivity contribution in [3.8, 4) is 17.1 Å². The number of aromatic amines is 2. The summed E-state index contributed by atoms with van der Waals surface area (Å²) in [5, 5.41) is 3.49. The van der Waals surface area contributed by atoms with Gasteiger partial charge in [-0.3, -0.25) is 9.78 Å². The van der Waals surface area contributed by atoms with Crippen molar-refractivity contribution in [3.63, 3.8) is 0 Å². The predicted octanol–water partition coefficient (Wildman–Crippen LogP) is 5.34. The van der Waals surface area contributed by atoms with Gasteiger partial charge in [-0.15, -0.1) is 0 Å². The van der Waals surface area contributed by atoms with Gasteiger partial charge < -0.3 is 19.9 Å². The monoisotopic (exact) mass is 505 g/mol. The van der Waals surface area contributed by atoms with Crippen LogP contribution in [0.2, 0.25) is 0 Å². The minimum atomic E-state index is -0.322. The van der Waals surface area contributed by atoms with E-state index in [-0.39, 0.29) is 17.4 Å². The standard InChI is InChI=1S/C29H24FN7O/c1-18-13-21(37-12-11-31-17-37)16-25-27(18)36-28(35-25)26-23(8-10-33-29(26)38)34-24(22-7-2-3-9-32-22)15-19-5-4-6-20(30)14-19/h2-14,16-17,24H,15H2,1H3,(H,35,36)(H2,33,34,38). The second kappa shape index (κ2) is 9.78. The van der Waals surface area contributed by atoms with E-state index in [9.17, 15) is 9.18 Å². The maximum absolute atomic E-state index is 13.9. The van der Waals surface area contributed by atoms with Crippen molar-refractivity contribution in [2.45, 2.75) is 19.4 Å². The number of aromatic nitrogens is 6. The van der Waals surface area contributed by atoms with Gasteiger partial charge in [0.25, 0.3) is 5.56 Å². The molecule has 4 aromatic heterocycles. The van der Waals surface area contributed by atoms with Crippen LogP contribution in [0.4, 0.5) is 10.1 Å². The first-order valence-electron chi connectivity index (χ1n) is 12.2. The van der Waals surface area contributed by atoms with Gasteiger partial charge in [0.05, 0.1) is 34.8 Å². The summed E-state index contributed by atoms with van der Waals surface area (Å²) in [6.45, 7) is 1.98. The number of benzene rings is 2. The highest BCUT2D eigenvalue weighted by molar-refractivity contribution is 5.86. The van der Waals surface area contributed by atoms with Crippen LogP contribution in [-0.4, -0.2) is 29.5 Å². The Morgan fingerprint density at radius 3 is 2.79 bits per heavy atom. The van der Waals surface area contributed by atoms with Crippen molar-refractivity contribution in [2.75, 3.05) is 5.32 Å². The van der Waals surface area contributed by atoms with Crippen LogP contribution >= 0.6 is 0 Å². The first-order valence-corrected chi connectivity index (χ1v) is 12.2. The van der Waals surface area contributed by atoms with Crippen molar-refractivity contribution in [2.24, 2.45) is 0 Å². The quantitative estimate of drug-likeness (QED) is 0.272. The minimum Gasteiger partial charge on any atom is -0.376 e. The van der Waals surface area contributed by atoms with Gasteiger partial charge in [-0.2, -0.15) is 0 Å². The van der Waals surface area contributed by atoms with E-state index in [0.717, 1.165) is 33.5 Å². The second-order valence-corrected chi connectivity index (χ2v) is 9.10. The number of hydrogen-bond donors (Lipinski definition) is 3. The molecule has 0 aliphatic carbocycles. The maximum Gasteiger partial charge on any atom is 0.261 e. The number of halogens is 1. The lowest BCUT2D eigenvalue weighted by molar-refractivity contribution is 0.623. The summed E-state index contributed by atoms with van der Waals surface area (Å²) in [6, 6.07) is 17.6. The molecule has 0 amide bonds. The van der Waals surface area contributed by atoms with Crippen molar-refractivity contribution in [1.82, 2.24) is 29.5 Å². The Morgan fingerprint density at radius 2 is 2.00 bits per heavy atom. The summed E-state index contributed by atoms with van der Waals surface area (Å²) >= 11 is 0. The van der Waals surface area contributed by atoms with Crippen LogP contribution in [0, 0.1) is 12.7 Å². The van der Waals surface area contributed by atoms with Gasteiger partial charge in [-0.25, -0.2) is 14.4 Å². The molecular formula is C29H24FN7O. The normalized spacial score (nSPS) is 12.1. The summed E-state index contributed by atoms with van der Waals surface area (Å²) in [6.07, 6.45) is 9.11. The molecule has 0 radical (unpaired) electrons. The van der Waals surface area contributed by atoms with E-state index in [1.165, 1.54) is 12.1 Å². The zero-order chi connectivity index (χ0) is 26.1. The van der Waals surface area contributed by atoms with Crippen molar-refractivity contribution in [1.29, 1.82) is 0 Å². The molecule has 0 aliphatic heterocycles. The highest BCUT2D eigenvalue weighted by Crippen LogP contribution is 2.30. The van der Waals surface area contributed by atoms with Crippen LogP contribution in [0.1, 0.15) is 22.9 Å². The SMILES string of the molecule is Cc1cc(-n2ccnc2)cc2[nH]c(-c3c(NC(Cc4cccc(F)c4)c4ccccn4)cc[nH]c3=O)nc12. The van der Waals surface area contributed by atoms with Gasteiger partial charge in [0.2, 0.25) is 0 Å². The highest BCUT2D eigenvalue weighted by atomic mass is 19.1. The highest BCUT2D eigenvalue weighted by Gasteiger charge is 2.20. The molecule has 0 saturated heterocycles. The molecule has 0 aliphatic rings. The molecule has 1 unspecified atom stereocenters. The van der Waals surface area contributed by atoms with Crippen LogP contribution in [-0.2, 0) is 6.42 Å². The van der Waals surface area contributed by atoms with Gasteiger partial charge in [0.15, 0.2) is 0 Å². The van der Waals surface area contributed by atoms with E-state index in [4.69, 9.17) is 4.98 Å². The molecule has 2 aromatic carbocycles. The number of nitrogens with one attached hydrogen (secondary N) is 3. The van der Waals surface area contributed by atoms with Crippen LogP contribution in [0.25, 0.3) is 28.1 Å². The molecule has 188 valence electrons. The molecule has 9 heteroatoms. The van der Waals surface area contributed by atoms with Crippen LogP contribution in [0.5, 0.6) is 0 Å². The lowest BCUT2D eigenvalue weighted by Gasteiger charge is -2.21. The number of nitrogens with zero attached hydrogens (tertiary/aromatic N) is 4. The first kappa shape index (κ1) is 23.4. The Hall–Kier alpha value is -5.05. The van der Waals surface area contributed by atoms with E-state index in [2.05, 4.69) is 25.3 Å². The summed E-state index contributed by atoms with van der Waals surface area (Å²) in [5.41, 5.74) is 5.76. The van der Waals surface area contributed by atoms with Crippen molar-refractivity contribution >= 4 is 16.7 Å². The lowest BCUT2D eigenvalue weighted by Crippen LogP contribution is -2.19. The zero-order valence-corrected chi connectivity index (χ0v) is 20.5. The third-order valence-corrected chi connectivity index (χ3v) is 6.47. The minimum absolute atomic E-state index is 0.285. The van der Waals surface area contributed by atoms with Gasteiger partial charge >= 0.3 is 0 Å². The number of imidazole rings is 2. The number of fused-ring (bicyclic) bond motifs is 1. The number of pyridine rings is 2. The van der Waals surface area contributed by atoms with Gasteiger partial charge in [0, 0.05) is 30.5 Å². The Kier molecular flexibility index (Phi) is 6.01. The number of rotatable bonds is 7. The van der Waals surface area contributed by atoms with Crippen molar-refractivity contribution < 1.29 is 4.39 Å². The Bertz CT molecular complexity index is 1770. The fourth-order valence-corrected chi connectivity index (χ4v) is 4.68.